The second-order valence-electron chi connectivity index (χ2n) is 5.79. The normalized spacial score (nSPS) is 14.6. The van der Waals surface area contributed by atoms with Gasteiger partial charge in [-0.2, -0.15) is 0 Å². The first-order valence-electron chi connectivity index (χ1n) is 8.04. The maximum atomic E-state index is 11.7. The number of nitrogens with one attached hydrogen (secondary N) is 2. The summed E-state index contributed by atoms with van der Waals surface area (Å²) in [5.74, 6) is -0.626. The van der Waals surface area contributed by atoms with Crippen molar-refractivity contribution in [3.8, 4) is 11.5 Å². The second-order valence-corrected chi connectivity index (χ2v) is 6.65. The zero-order valence-corrected chi connectivity index (χ0v) is 16.2. The molecule has 0 aliphatic carbocycles. The molecule has 0 bridgehead atoms. The lowest BCUT2D eigenvalue weighted by Crippen LogP contribution is -2.22. The number of methoxy groups -OCH3 is 1. The lowest BCUT2D eigenvalue weighted by molar-refractivity contribution is -0.115. The maximum Gasteiger partial charge on any atom is 0.335 e. The fraction of sp³-hybridized carbons (Fsp3) is 0.105. The van der Waals surface area contributed by atoms with E-state index in [9.17, 15) is 14.4 Å². The van der Waals surface area contributed by atoms with Crippen LogP contribution in [0, 0.1) is 0 Å². The summed E-state index contributed by atoms with van der Waals surface area (Å²) in [6.45, 7) is 0.202. The van der Waals surface area contributed by atoms with Crippen molar-refractivity contribution in [1.29, 1.82) is 0 Å². The number of benzene rings is 2. The Morgan fingerprint density at radius 3 is 2.46 bits per heavy atom. The number of rotatable bonds is 6. The van der Waals surface area contributed by atoms with Gasteiger partial charge in [0.25, 0.3) is 5.91 Å². The highest BCUT2D eigenvalue weighted by Crippen LogP contribution is 2.37. The summed E-state index contributed by atoms with van der Waals surface area (Å²) in [5, 5.41) is 13.5. The van der Waals surface area contributed by atoms with Gasteiger partial charge in [-0.3, -0.25) is 10.1 Å². The molecule has 8 nitrogen and oxygen atoms in total. The summed E-state index contributed by atoms with van der Waals surface area (Å²) in [4.78, 5) is 33.8. The molecule has 1 aliphatic heterocycles. The third-order valence-corrected chi connectivity index (χ3v) is 4.46. The molecule has 144 valence electrons. The largest absolute Gasteiger partial charge is 0.493 e. The summed E-state index contributed by atoms with van der Waals surface area (Å²) in [7, 11) is 1.48. The van der Waals surface area contributed by atoms with Gasteiger partial charge in [-0.1, -0.05) is 12.1 Å². The Labute approximate surface area is 168 Å². The average Bonchev–Trinajstić information content (AvgIpc) is 2.97. The third-order valence-electron chi connectivity index (χ3n) is 3.87. The zero-order chi connectivity index (χ0) is 20.3. The van der Waals surface area contributed by atoms with E-state index in [-0.39, 0.29) is 17.9 Å². The number of halogens is 1. The number of hydrogen-bond donors (Lipinski definition) is 3. The molecule has 1 heterocycles. The molecule has 2 aromatic carbocycles. The van der Waals surface area contributed by atoms with Crippen LogP contribution in [-0.2, 0) is 11.4 Å². The minimum Gasteiger partial charge on any atom is -0.493 e. The predicted molar refractivity (Wildman–Crippen MR) is 103 cm³/mol. The Bertz CT molecular complexity index is 985. The van der Waals surface area contributed by atoms with E-state index in [4.69, 9.17) is 14.6 Å². The monoisotopic (exact) mass is 446 g/mol. The summed E-state index contributed by atoms with van der Waals surface area (Å²) >= 11 is 3.42. The molecule has 0 unspecified atom stereocenters. The first-order valence-corrected chi connectivity index (χ1v) is 8.83. The van der Waals surface area contributed by atoms with Gasteiger partial charge in [-0.15, -0.1) is 0 Å². The fourth-order valence-corrected chi connectivity index (χ4v) is 3.09. The van der Waals surface area contributed by atoms with Gasteiger partial charge < -0.3 is 19.9 Å². The number of hydrogen-bond acceptors (Lipinski definition) is 5. The quantitative estimate of drug-likeness (QED) is 0.464. The number of aromatic carboxylic acids is 1. The van der Waals surface area contributed by atoms with E-state index in [1.807, 2.05) is 0 Å². The van der Waals surface area contributed by atoms with Gasteiger partial charge in [0.05, 0.1) is 17.1 Å². The number of urea groups is 1. The molecule has 28 heavy (non-hydrogen) atoms. The molecular formula is C19H15BrN2O6. The Morgan fingerprint density at radius 1 is 1.18 bits per heavy atom. The standard InChI is InChI=1S/C19H15BrN2O6/c1-27-15-8-11(7-14-17(23)22-19(26)21-14)6-13(20)16(15)28-9-10-2-4-12(5-3-10)18(24)25/h2-8H,9H2,1H3,(H,24,25)(H2,21,22,23,26)/b14-7-. The van der Waals surface area contributed by atoms with Gasteiger partial charge in [-0.25, -0.2) is 9.59 Å². The zero-order valence-electron chi connectivity index (χ0n) is 14.6. The number of ether oxygens (including phenoxy) is 2. The molecule has 0 spiro atoms. The van der Waals surface area contributed by atoms with Crippen molar-refractivity contribution < 1.29 is 29.0 Å². The summed E-state index contributed by atoms with van der Waals surface area (Å²) in [6.07, 6.45) is 1.52. The van der Waals surface area contributed by atoms with Crippen LogP contribution >= 0.6 is 15.9 Å². The van der Waals surface area contributed by atoms with Crippen LogP contribution < -0.4 is 20.1 Å². The molecule has 3 amide bonds. The van der Waals surface area contributed by atoms with Crippen molar-refractivity contribution >= 4 is 39.9 Å². The van der Waals surface area contributed by atoms with E-state index in [0.717, 1.165) is 5.56 Å². The topological polar surface area (TPSA) is 114 Å². The van der Waals surface area contributed by atoms with Gasteiger partial charge in [0.15, 0.2) is 11.5 Å². The van der Waals surface area contributed by atoms with Crippen molar-refractivity contribution in [2.75, 3.05) is 7.11 Å². The number of carbonyl (C=O) groups is 3. The minimum atomic E-state index is -0.992. The van der Waals surface area contributed by atoms with Gasteiger partial charge in [0.2, 0.25) is 0 Å². The van der Waals surface area contributed by atoms with Crippen LogP contribution in [0.3, 0.4) is 0 Å². The fourth-order valence-electron chi connectivity index (χ4n) is 2.51. The number of imide groups is 1. The number of amides is 3. The molecule has 1 saturated heterocycles. The van der Waals surface area contributed by atoms with Crippen LogP contribution in [0.1, 0.15) is 21.5 Å². The van der Waals surface area contributed by atoms with Crippen molar-refractivity contribution in [2.45, 2.75) is 6.61 Å². The lowest BCUT2D eigenvalue weighted by atomic mass is 10.1. The predicted octanol–water partition coefficient (Wildman–Crippen LogP) is 2.92. The van der Waals surface area contributed by atoms with E-state index in [2.05, 4.69) is 26.6 Å². The number of carbonyl (C=O) groups excluding carboxylic acids is 2. The molecule has 1 aliphatic rings. The van der Waals surface area contributed by atoms with Crippen molar-refractivity contribution in [2.24, 2.45) is 0 Å². The molecule has 1 fully saturated rings. The molecule has 3 rings (SSSR count). The van der Waals surface area contributed by atoms with Crippen LogP contribution in [0.15, 0.2) is 46.6 Å². The van der Waals surface area contributed by atoms with Crippen LogP contribution in [0.5, 0.6) is 11.5 Å². The highest BCUT2D eigenvalue weighted by atomic mass is 79.9. The van der Waals surface area contributed by atoms with E-state index in [1.165, 1.54) is 25.3 Å². The molecular weight excluding hydrogens is 432 g/mol. The Hall–Kier alpha value is -3.33. The third kappa shape index (κ3) is 4.32. The summed E-state index contributed by atoms with van der Waals surface area (Å²) < 4.78 is 11.8. The van der Waals surface area contributed by atoms with E-state index >= 15 is 0 Å². The molecule has 2 aromatic rings. The number of carboxylic acids is 1. The van der Waals surface area contributed by atoms with Gasteiger partial charge in [-0.05, 0) is 57.4 Å². The minimum absolute atomic E-state index is 0.131. The Morgan fingerprint density at radius 2 is 1.89 bits per heavy atom. The van der Waals surface area contributed by atoms with E-state index in [1.54, 1.807) is 24.3 Å². The second kappa shape index (κ2) is 8.13. The Kier molecular flexibility index (Phi) is 5.65. The van der Waals surface area contributed by atoms with Gasteiger partial charge in [0.1, 0.15) is 12.3 Å². The molecule has 0 saturated carbocycles. The average molecular weight is 447 g/mol. The van der Waals surface area contributed by atoms with Gasteiger partial charge in [0, 0.05) is 0 Å². The molecule has 3 N–H and O–H groups in total. The maximum absolute atomic E-state index is 11.7. The van der Waals surface area contributed by atoms with Crippen LogP contribution in [0.2, 0.25) is 0 Å². The first kappa shape index (κ1) is 19.4. The number of carboxylic acid groups (broad SMARTS) is 1. The van der Waals surface area contributed by atoms with Crippen molar-refractivity contribution in [3.05, 3.63) is 63.3 Å². The van der Waals surface area contributed by atoms with Crippen LogP contribution in [0.25, 0.3) is 6.08 Å². The smallest absolute Gasteiger partial charge is 0.335 e. The molecule has 0 atom stereocenters. The molecule has 9 heteroatoms. The lowest BCUT2D eigenvalue weighted by Gasteiger charge is -2.14. The van der Waals surface area contributed by atoms with Crippen LogP contribution in [0.4, 0.5) is 4.79 Å². The Balaban J connectivity index is 1.80. The summed E-state index contributed by atoms with van der Waals surface area (Å²) in [5.41, 5.74) is 1.74. The van der Waals surface area contributed by atoms with Gasteiger partial charge >= 0.3 is 12.0 Å². The van der Waals surface area contributed by atoms with E-state index in [0.29, 0.717) is 21.5 Å². The summed E-state index contributed by atoms with van der Waals surface area (Å²) in [6, 6.07) is 9.16. The van der Waals surface area contributed by atoms with E-state index < -0.39 is 17.9 Å². The molecule has 0 radical (unpaired) electrons. The molecule has 0 aromatic heterocycles. The highest BCUT2D eigenvalue weighted by Gasteiger charge is 2.23. The highest BCUT2D eigenvalue weighted by molar-refractivity contribution is 9.10. The van der Waals surface area contributed by atoms with Crippen LogP contribution in [-0.4, -0.2) is 30.1 Å². The van der Waals surface area contributed by atoms with Crippen molar-refractivity contribution in [1.82, 2.24) is 10.6 Å². The first-order chi connectivity index (χ1) is 13.4. The SMILES string of the molecule is COc1cc(/C=C2\NC(=O)NC2=O)cc(Br)c1OCc1ccc(C(=O)O)cc1. The van der Waals surface area contributed by atoms with Crippen molar-refractivity contribution in [3.63, 3.8) is 0 Å².